The summed E-state index contributed by atoms with van der Waals surface area (Å²) >= 11 is 1.82. The number of fused-ring (bicyclic) bond motifs is 1. The molecule has 1 aliphatic heterocycles. The van der Waals surface area contributed by atoms with E-state index in [9.17, 15) is 24.0 Å². The van der Waals surface area contributed by atoms with E-state index in [1.54, 1.807) is 4.90 Å². The van der Waals surface area contributed by atoms with Gasteiger partial charge in [-0.15, -0.1) is 0 Å². The first-order chi connectivity index (χ1) is 19.6. The van der Waals surface area contributed by atoms with E-state index >= 15 is 0 Å². The number of thioether (sulfide) groups is 1. The van der Waals surface area contributed by atoms with E-state index in [4.69, 9.17) is 5.73 Å². The molecule has 5 atom stereocenters. The number of nitrogens with one attached hydrogen (secondary N) is 3. The second-order valence-corrected chi connectivity index (χ2v) is 16.0. The van der Waals surface area contributed by atoms with Crippen molar-refractivity contribution < 1.29 is 24.0 Å². The van der Waals surface area contributed by atoms with Crippen molar-refractivity contribution in [3.8, 4) is 0 Å². The smallest absolute Gasteiger partial charge is 0.315 e. The predicted octanol–water partition coefficient (Wildman–Crippen LogP) is 2.98. The highest BCUT2D eigenvalue weighted by Gasteiger charge is 2.70. The monoisotopic (exact) mass is 605 g/mol. The van der Waals surface area contributed by atoms with Gasteiger partial charge in [0.2, 0.25) is 17.6 Å². The minimum Gasteiger partial charge on any atom is -0.363 e. The molecular weight excluding hydrogens is 554 g/mol. The fourth-order valence-corrected chi connectivity index (χ4v) is 8.17. The molecule has 1 heterocycles. The maximum absolute atomic E-state index is 14.2. The predicted molar refractivity (Wildman–Crippen MR) is 163 cm³/mol. The molecule has 0 bridgehead atoms. The van der Waals surface area contributed by atoms with Gasteiger partial charge in [-0.1, -0.05) is 73.6 Å². The van der Waals surface area contributed by atoms with Gasteiger partial charge in [-0.25, -0.2) is 4.79 Å². The number of urea groups is 1. The van der Waals surface area contributed by atoms with E-state index in [2.05, 4.69) is 36.7 Å². The number of nitrogens with two attached hydrogens (primary N) is 1. The fraction of sp³-hybridized carbons (Fsp3) is 0.839. The lowest BCUT2D eigenvalue weighted by Gasteiger charge is -2.40. The number of Topliss-reactive ketones (excluding diaryl/α,β-unsaturated/α-hetero) is 1. The topological polar surface area (TPSA) is 151 Å². The van der Waals surface area contributed by atoms with E-state index in [1.807, 2.05) is 32.5 Å². The summed E-state index contributed by atoms with van der Waals surface area (Å²) in [5, 5.41) is 9.06. The molecule has 42 heavy (non-hydrogen) atoms. The lowest BCUT2D eigenvalue weighted by atomic mass is 9.83. The van der Waals surface area contributed by atoms with Gasteiger partial charge in [0.25, 0.3) is 5.91 Å². The second kappa shape index (κ2) is 12.4. The highest BCUT2D eigenvalue weighted by Crippen LogP contribution is 2.65. The van der Waals surface area contributed by atoms with Crippen LogP contribution < -0.4 is 21.7 Å². The number of amides is 5. The number of likely N-dealkylation sites (tertiary alicyclic amines) is 1. The summed E-state index contributed by atoms with van der Waals surface area (Å²) in [6.07, 6.45) is 7.39. The number of ketones is 1. The molecule has 0 aromatic rings. The van der Waals surface area contributed by atoms with Crippen LogP contribution in [0.2, 0.25) is 0 Å². The summed E-state index contributed by atoms with van der Waals surface area (Å²) in [6.45, 7) is 12.4. The Labute approximate surface area is 254 Å². The molecule has 1 saturated heterocycles. The molecule has 4 aliphatic rings. The number of hydrogen-bond donors (Lipinski definition) is 4. The molecule has 3 aliphatic carbocycles. The van der Waals surface area contributed by atoms with Gasteiger partial charge in [-0.3, -0.25) is 19.2 Å². The lowest BCUT2D eigenvalue weighted by Crippen LogP contribution is -2.63. The third kappa shape index (κ3) is 7.08. The molecular formula is C31H51N5O5S. The number of piperidine rings is 1. The van der Waals surface area contributed by atoms with Crippen molar-refractivity contribution in [2.75, 3.05) is 18.1 Å². The third-order valence-electron chi connectivity index (χ3n) is 10.1. The van der Waals surface area contributed by atoms with Crippen LogP contribution in [0.3, 0.4) is 0 Å². The maximum atomic E-state index is 14.2. The Kier molecular flexibility index (Phi) is 9.60. The third-order valence-corrected chi connectivity index (χ3v) is 11.2. The van der Waals surface area contributed by atoms with Crippen molar-refractivity contribution in [3.63, 3.8) is 0 Å². The van der Waals surface area contributed by atoms with E-state index in [-0.39, 0.29) is 40.6 Å². The molecule has 0 spiro atoms. The molecule has 10 nitrogen and oxygen atoms in total. The average Bonchev–Trinajstić information content (AvgIpc) is 3.76. The number of carbonyl (C=O) groups is 5. The van der Waals surface area contributed by atoms with Crippen LogP contribution in [-0.2, 0) is 19.2 Å². The van der Waals surface area contributed by atoms with Crippen molar-refractivity contribution >= 4 is 41.3 Å². The Morgan fingerprint density at radius 1 is 1.02 bits per heavy atom. The Hall–Kier alpha value is -2.30. The van der Waals surface area contributed by atoms with E-state index < -0.39 is 41.1 Å². The van der Waals surface area contributed by atoms with Gasteiger partial charge in [0, 0.05) is 12.3 Å². The number of carbonyl (C=O) groups excluding carboxylic acids is 5. The lowest BCUT2D eigenvalue weighted by molar-refractivity contribution is -0.145. The minimum absolute atomic E-state index is 0.0715. The van der Waals surface area contributed by atoms with Crippen LogP contribution in [0, 0.1) is 28.6 Å². The van der Waals surface area contributed by atoms with Gasteiger partial charge in [0.05, 0.1) is 11.6 Å². The molecule has 4 rings (SSSR count). The van der Waals surface area contributed by atoms with Crippen LogP contribution in [0.15, 0.2) is 0 Å². The van der Waals surface area contributed by atoms with Crippen molar-refractivity contribution in [2.24, 2.45) is 34.3 Å². The molecule has 5 amide bonds. The molecule has 0 aromatic carbocycles. The van der Waals surface area contributed by atoms with Crippen molar-refractivity contribution in [2.45, 2.75) is 117 Å². The minimum atomic E-state index is -1.07. The van der Waals surface area contributed by atoms with Gasteiger partial charge < -0.3 is 26.6 Å². The van der Waals surface area contributed by atoms with E-state index in [0.29, 0.717) is 13.0 Å². The Balaban J connectivity index is 1.52. The van der Waals surface area contributed by atoms with E-state index in [0.717, 1.165) is 56.5 Å². The first-order valence-electron chi connectivity index (χ1n) is 15.7. The molecule has 5 N–H and O–H groups in total. The van der Waals surface area contributed by atoms with Crippen LogP contribution >= 0.6 is 11.8 Å². The van der Waals surface area contributed by atoms with E-state index in [1.165, 1.54) is 0 Å². The standard InChI is InChI=1S/C31H51N5O5S/c1-7-42-17-31(13-9-8-10-14-31)35-28(41)34-24(29(2,3)4)27(40)36-16-19-21(30(19,5)6)22(36)26(39)33-20(15-18-11-12-18)23(37)25(32)38/h18-22,24H,7-17H2,1-6H3,(H2,32,38)(H,33,39)(H2,34,35,41)/t19?,20?,21?,22?,24-/m1/s1. The summed E-state index contributed by atoms with van der Waals surface area (Å²) in [4.78, 5) is 67.4. The Bertz CT molecular complexity index is 1080. The van der Waals surface area contributed by atoms with Crippen molar-refractivity contribution in [1.82, 2.24) is 20.9 Å². The van der Waals surface area contributed by atoms with Crippen LogP contribution in [0.4, 0.5) is 4.79 Å². The number of rotatable bonds is 12. The SMILES string of the molecule is CCSCC1(NC(=O)N[C@H](C(=O)N2CC3C(C2C(=O)NC(CC2CC2)C(=O)C(N)=O)C3(C)C)C(C)(C)C)CCCCC1. The summed E-state index contributed by atoms with van der Waals surface area (Å²) < 4.78 is 0. The zero-order valence-corrected chi connectivity index (χ0v) is 27.0. The van der Waals surface area contributed by atoms with Gasteiger partial charge in [-0.2, -0.15) is 11.8 Å². The summed E-state index contributed by atoms with van der Waals surface area (Å²) in [5.74, 6) is -0.460. The summed E-state index contributed by atoms with van der Waals surface area (Å²) in [5.41, 5.74) is 4.26. The normalized spacial score (nSPS) is 27.3. The fourth-order valence-electron chi connectivity index (χ4n) is 7.21. The summed E-state index contributed by atoms with van der Waals surface area (Å²) in [7, 11) is 0. The molecule has 236 valence electrons. The molecule has 0 aromatic heterocycles. The molecule has 3 saturated carbocycles. The Morgan fingerprint density at radius 2 is 1.67 bits per heavy atom. The maximum Gasteiger partial charge on any atom is 0.315 e. The zero-order chi connectivity index (χ0) is 31.0. The van der Waals surface area contributed by atoms with Gasteiger partial charge >= 0.3 is 6.03 Å². The molecule has 0 radical (unpaired) electrons. The first kappa shape index (κ1) is 32.6. The number of hydrogen-bond acceptors (Lipinski definition) is 6. The molecule has 4 fully saturated rings. The summed E-state index contributed by atoms with van der Waals surface area (Å²) in [6, 6.07) is -3.00. The quantitative estimate of drug-likeness (QED) is 0.251. The zero-order valence-electron chi connectivity index (χ0n) is 26.2. The highest BCUT2D eigenvalue weighted by atomic mass is 32.2. The number of nitrogens with zero attached hydrogens (tertiary/aromatic N) is 1. The largest absolute Gasteiger partial charge is 0.363 e. The molecule has 4 unspecified atom stereocenters. The second-order valence-electron chi connectivity index (χ2n) is 14.7. The Morgan fingerprint density at radius 3 is 2.21 bits per heavy atom. The van der Waals surface area contributed by atoms with Crippen molar-refractivity contribution in [3.05, 3.63) is 0 Å². The first-order valence-corrected chi connectivity index (χ1v) is 16.9. The average molecular weight is 606 g/mol. The molecule has 11 heteroatoms. The van der Waals surface area contributed by atoms with Gasteiger partial charge in [0.15, 0.2) is 0 Å². The van der Waals surface area contributed by atoms with Crippen LogP contribution in [0.25, 0.3) is 0 Å². The van der Waals surface area contributed by atoms with Crippen LogP contribution in [0.1, 0.15) is 92.9 Å². The van der Waals surface area contributed by atoms with Crippen LogP contribution in [0.5, 0.6) is 0 Å². The van der Waals surface area contributed by atoms with Gasteiger partial charge in [-0.05, 0) is 53.6 Å². The van der Waals surface area contributed by atoms with Crippen LogP contribution in [-0.4, -0.2) is 76.2 Å². The van der Waals surface area contributed by atoms with Crippen molar-refractivity contribution in [1.29, 1.82) is 0 Å². The van der Waals surface area contributed by atoms with Gasteiger partial charge in [0.1, 0.15) is 12.1 Å². The highest BCUT2D eigenvalue weighted by molar-refractivity contribution is 7.99. The number of primary amides is 1.